The third-order valence-corrected chi connectivity index (χ3v) is 3.53. The van der Waals surface area contributed by atoms with Crippen LogP contribution in [0.3, 0.4) is 0 Å². The molecule has 0 radical (unpaired) electrons. The lowest BCUT2D eigenvalue weighted by atomic mass is 10.1. The van der Waals surface area contributed by atoms with Crippen LogP contribution in [0.15, 0.2) is 54.9 Å². The van der Waals surface area contributed by atoms with E-state index < -0.39 is 0 Å². The van der Waals surface area contributed by atoms with E-state index >= 15 is 0 Å². The van der Waals surface area contributed by atoms with Gasteiger partial charge >= 0.3 is 0 Å². The highest BCUT2D eigenvalue weighted by molar-refractivity contribution is 6.30. The van der Waals surface area contributed by atoms with Gasteiger partial charge in [-0.1, -0.05) is 23.7 Å². The molecule has 0 spiro atoms. The molecule has 0 aliphatic heterocycles. The fourth-order valence-corrected chi connectivity index (χ4v) is 2.26. The maximum absolute atomic E-state index is 9.67. The number of aromatic hydroxyl groups is 1. The fraction of sp³-hybridized carbons (Fsp3) is 0.0588. The second-order valence-electron chi connectivity index (χ2n) is 4.68. The van der Waals surface area contributed by atoms with Crippen LogP contribution in [-0.4, -0.2) is 22.2 Å². The molecule has 0 unspecified atom stereocenters. The Morgan fingerprint density at radius 2 is 1.55 bits per heavy atom. The molecule has 1 heterocycles. The Labute approximate surface area is 133 Å². The van der Waals surface area contributed by atoms with E-state index in [4.69, 9.17) is 16.3 Å². The Morgan fingerprint density at radius 1 is 0.909 bits per heavy atom. The second kappa shape index (κ2) is 6.03. The summed E-state index contributed by atoms with van der Waals surface area (Å²) in [6.45, 7) is 0. The number of hydrogen-bond donors (Lipinski definition) is 1. The van der Waals surface area contributed by atoms with Gasteiger partial charge in [-0.05, 0) is 36.4 Å². The number of aromatic nitrogens is 2. The van der Waals surface area contributed by atoms with Gasteiger partial charge in [-0.3, -0.25) is 0 Å². The van der Waals surface area contributed by atoms with Crippen molar-refractivity contribution in [1.29, 1.82) is 0 Å². The normalized spacial score (nSPS) is 10.5. The number of rotatable bonds is 3. The van der Waals surface area contributed by atoms with Crippen LogP contribution in [-0.2, 0) is 0 Å². The predicted octanol–water partition coefficient (Wildman–Crippen LogP) is 4.18. The lowest BCUT2D eigenvalue weighted by Gasteiger charge is -2.07. The van der Waals surface area contributed by atoms with Crippen LogP contribution in [0.4, 0.5) is 0 Å². The van der Waals surface area contributed by atoms with E-state index in [1.807, 2.05) is 30.3 Å². The first-order valence-electron chi connectivity index (χ1n) is 6.63. The molecule has 0 atom stereocenters. The number of methoxy groups -OCH3 is 1. The number of halogens is 1. The summed E-state index contributed by atoms with van der Waals surface area (Å²) in [5.74, 6) is 0.502. The SMILES string of the molecule is COc1cc(-c2cc(-c3ccc(Cl)cc3)ncn2)ccc1O. The molecule has 1 aromatic heterocycles. The van der Waals surface area contributed by atoms with Crippen LogP contribution in [0.2, 0.25) is 5.02 Å². The Balaban J connectivity index is 2.02. The second-order valence-corrected chi connectivity index (χ2v) is 5.12. The standard InChI is InChI=1S/C17H13ClN2O2/c1-22-17-8-12(4-7-16(17)21)15-9-14(19-10-20-15)11-2-5-13(18)6-3-11/h2-10,21H,1H3. The van der Waals surface area contributed by atoms with Crippen LogP contribution in [0.5, 0.6) is 11.5 Å². The molecule has 0 aliphatic rings. The van der Waals surface area contributed by atoms with Crippen molar-refractivity contribution in [2.75, 3.05) is 7.11 Å². The Bertz CT molecular complexity index is 804. The highest BCUT2D eigenvalue weighted by atomic mass is 35.5. The third-order valence-electron chi connectivity index (χ3n) is 3.28. The van der Waals surface area contributed by atoms with Crippen LogP contribution in [0.25, 0.3) is 22.5 Å². The van der Waals surface area contributed by atoms with Crippen molar-refractivity contribution < 1.29 is 9.84 Å². The first-order chi connectivity index (χ1) is 10.7. The van der Waals surface area contributed by atoms with Crippen LogP contribution in [0.1, 0.15) is 0 Å². The quantitative estimate of drug-likeness (QED) is 0.788. The number of ether oxygens (including phenoxy) is 1. The molecule has 110 valence electrons. The zero-order valence-corrected chi connectivity index (χ0v) is 12.6. The molecule has 0 amide bonds. The maximum Gasteiger partial charge on any atom is 0.161 e. The minimum atomic E-state index is 0.0956. The monoisotopic (exact) mass is 312 g/mol. The van der Waals surface area contributed by atoms with Crippen molar-refractivity contribution in [3.63, 3.8) is 0 Å². The summed E-state index contributed by atoms with van der Waals surface area (Å²) < 4.78 is 5.13. The average Bonchev–Trinajstić information content (AvgIpc) is 2.56. The van der Waals surface area contributed by atoms with Crippen molar-refractivity contribution in [3.8, 4) is 34.0 Å². The van der Waals surface area contributed by atoms with Crippen molar-refractivity contribution in [2.45, 2.75) is 0 Å². The Kier molecular flexibility index (Phi) is 3.94. The van der Waals surface area contributed by atoms with E-state index in [-0.39, 0.29) is 5.75 Å². The number of nitrogens with zero attached hydrogens (tertiary/aromatic N) is 2. The molecule has 0 aliphatic carbocycles. The molecule has 2 aromatic carbocycles. The van der Waals surface area contributed by atoms with Gasteiger partial charge in [0.1, 0.15) is 6.33 Å². The van der Waals surface area contributed by atoms with Gasteiger partial charge in [0.25, 0.3) is 0 Å². The molecular formula is C17H13ClN2O2. The minimum absolute atomic E-state index is 0.0956. The van der Waals surface area contributed by atoms with Gasteiger partial charge in [-0.15, -0.1) is 0 Å². The van der Waals surface area contributed by atoms with Gasteiger partial charge in [0.2, 0.25) is 0 Å². The molecule has 1 N–H and O–H groups in total. The third kappa shape index (κ3) is 2.87. The lowest BCUT2D eigenvalue weighted by Crippen LogP contribution is -1.90. The summed E-state index contributed by atoms with van der Waals surface area (Å²) in [7, 11) is 1.51. The van der Waals surface area contributed by atoms with Crippen LogP contribution >= 0.6 is 11.6 Å². The van der Waals surface area contributed by atoms with Crippen molar-refractivity contribution in [3.05, 3.63) is 59.9 Å². The summed E-state index contributed by atoms with van der Waals surface area (Å²) in [6, 6.07) is 14.4. The summed E-state index contributed by atoms with van der Waals surface area (Å²) in [5, 5.41) is 10.4. The first-order valence-corrected chi connectivity index (χ1v) is 7.00. The highest BCUT2D eigenvalue weighted by Gasteiger charge is 2.08. The largest absolute Gasteiger partial charge is 0.504 e. The van der Waals surface area contributed by atoms with E-state index in [1.165, 1.54) is 13.4 Å². The molecule has 0 saturated carbocycles. The van der Waals surface area contributed by atoms with Crippen molar-refractivity contribution >= 4 is 11.6 Å². The van der Waals surface area contributed by atoms with Gasteiger partial charge in [-0.25, -0.2) is 9.97 Å². The molecule has 22 heavy (non-hydrogen) atoms. The van der Waals surface area contributed by atoms with E-state index in [1.54, 1.807) is 18.2 Å². The van der Waals surface area contributed by atoms with Gasteiger partial charge in [0.05, 0.1) is 18.5 Å². The predicted molar refractivity (Wildman–Crippen MR) is 86.1 cm³/mol. The number of phenols is 1. The summed E-state index contributed by atoms with van der Waals surface area (Å²) in [5.41, 5.74) is 3.35. The summed E-state index contributed by atoms with van der Waals surface area (Å²) in [4.78, 5) is 8.57. The molecule has 3 aromatic rings. The zero-order valence-electron chi connectivity index (χ0n) is 11.8. The van der Waals surface area contributed by atoms with Crippen LogP contribution in [0, 0.1) is 0 Å². The topological polar surface area (TPSA) is 55.2 Å². The van der Waals surface area contributed by atoms with Gasteiger partial charge < -0.3 is 9.84 Å². The van der Waals surface area contributed by atoms with E-state index in [9.17, 15) is 5.11 Å². The van der Waals surface area contributed by atoms with Gasteiger partial charge in [0, 0.05) is 16.1 Å². The number of benzene rings is 2. The highest BCUT2D eigenvalue weighted by Crippen LogP contribution is 2.31. The molecule has 0 fully saturated rings. The zero-order chi connectivity index (χ0) is 15.5. The van der Waals surface area contributed by atoms with E-state index in [0.717, 1.165) is 22.5 Å². The molecule has 4 nitrogen and oxygen atoms in total. The smallest absolute Gasteiger partial charge is 0.161 e. The van der Waals surface area contributed by atoms with Gasteiger partial charge in [0.15, 0.2) is 11.5 Å². The van der Waals surface area contributed by atoms with Crippen molar-refractivity contribution in [1.82, 2.24) is 9.97 Å². The molecule has 0 bridgehead atoms. The lowest BCUT2D eigenvalue weighted by molar-refractivity contribution is 0.373. The van der Waals surface area contributed by atoms with Gasteiger partial charge in [-0.2, -0.15) is 0 Å². The fourth-order valence-electron chi connectivity index (χ4n) is 2.13. The Morgan fingerprint density at radius 3 is 2.23 bits per heavy atom. The maximum atomic E-state index is 9.67. The number of hydrogen-bond acceptors (Lipinski definition) is 4. The average molecular weight is 313 g/mol. The molecular weight excluding hydrogens is 300 g/mol. The van der Waals surface area contributed by atoms with Crippen LogP contribution < -0.4 is 4.74 Å². The summed E-state index contributed by atoms with van der Waals surface area (Å²) >= 11 is 5.90. The molecule has 5 heteroatoms. The molecule has 3 rings (SSSR count). The summed E-state index contributed by atoms with van der Waals surface area (Å²) in [6.07, 6.45) is 1.51. The first kappa shape index (κ1) is 14.4. The minimum Gasteiger partial charge on any atom is -0.504 e. The van der Waals surface area contributed by atoms with Crippen molar-refractivity contribution in [2.24, 2.45) is 0 Å². The molecule has 0 saturated heterocycles. The Hall–Kier alpha value is -2.59. The van der Waals surface area contributed by atoms with E-state index in [2.05, 4.69) is 9.97 Å². The van der Waals surface area contributed by atoms with E-state index in [0.29, 0.717) is 10.8 Å². The number of phenolic OH excluding ortho intramolecular Hbond substituents is 1.